The Bertz CT molecular complexity index is 547. The number of thioether (sulfide) groups is 1. The van der Waals surface area contributed by atoms with E-state index in [2.05, 4.69) is 0 Å². The molecule has 0 bridgehead atoms. The van der Waals surface area contributed by atoms with Crippen molar-refractivity contribution in [1.82, 2.24) is 4.90 Å². The summed E-state index contributed by atoms with van der Waals surface area (Å²) >= 11 is 1.46. The summed E-state index contributed by atoms with van der Waals surface area (Å²) < 4.78 is 0. The summed E-state index contributed by atoms with van der Waals surface area (Å²) in [4.78, 5) is 26.6. The van der Waals surface area contributed by atoms with Gasteiger partial charge in [0.15, 0.2) is 0 Å². The summed E-state index contributed by atoms with van der Waals surface area (Å²) in [5, 5.41) is 9.15. The third-order valence-corrected chi connectivity index (χ3v) is 4.43. The van der Waals surface area contributed by atoms with Crippen LogP contribution in [0.25, 0.3) is 0 Å². The molecule has 1 aliphatic rings. The molecule has 1 aliphatic heterocycles. The number of carbonyl (C=O) groups excluding carboxylic acids is 1. The van der Waals surface area contributed by atoms with Gasteiger partial charge in [-0.3, -0.25) is 4.90 Å². The summed E-state index contributed by atoms with van der Waals surface area (Å²) in [7, 11) is 1.68. The van der Waals surface area contributed by atoms with Crippen molar-refractivity contribution in [2.75, 3.05) is 23.6 Å². The van der Waals surface area contributed by atoms with E-state index in [9.17, 15) is 9.59 Å². The second-order valence-corrected chi connectivity index (χ2v) is 5.96. The fourth-order valence-electron chi connectivity index (χ4n) is 2.31. The minimum absolute atomic E-state index is 0.269. The first kappa shape index (κ1) is 14.7. The van der Waals surface area contributed by atoms with Crippen molar-refractivity contribution in [3.05, 3.63) is 29.3 Å². The van der Waals surface area contributed by atoms with Crippen molar-refractivity contribution >= 4 is 29.4 Å². The molecule has 5 nitrogen and oxygen atoms in total. The molecular weight excluding hydrogens is 276 g/mol. The van der Waals surface area contributed by atoms with Crippen LogP contribution in [0.5, 0.6) is 0 Å². The average molecular weight is 294 g/mol. The summed E-state index contributed by atoms with van der Waals surface area (Å²) in [6.45, 7) is 3.94. The van der Waals surface area contributed by atoms with E-state index in [1.165, 1.54) is 21.6 Å². The lowest BCUT2D eigenvalue weighted by Crippen LogP contribution is -2.47. The normalized spacial score (nSPS) is 18.1. The molecule has 2 amide bonds. The minimum Gasteiger partial charge on any atom is -0.480 e. The van der Waals surface area contributed by atoms with Crippen LogP contribution in [0, 0.1) is 13.8 Å². The van der Waals surface area contributed by atoms with Crippen molar-refractivity contribution in [2.24, 2.45) is 0 Å². The fraction of sp³-hybridized carbons (Fsp3) is 0.429. The highest BCUT2D eigenvalue weighted by molar-refractivity contribution is 7.99. The molecule has 1 aromatic carbocycles. The van der Waals surface area contributed by atoms with Crippen LogP contribution < -0.4 is 4.90 Å². The molecule has 2 rings (SSSR count). The molecule has 108 valence electrons. The summed E-state index contributed by atoms with van der Waals surface area (Å²) in [5.41, 5.74) is 2.94. The highest BCUT2D eigenvalue weighted by Gasteiger charge is 2.36. The molecule has 0 saturated carbocycles. The molecule has 20 heavy (non-hydrogen) atoms. The smallest absolute Gasteiger partial charge is 0.327 e. The number of carbonyl (C=O) groups is 2. The highest BCUT2D eigenvalue weighted by atomic mass is 32.2. The fourth-order valence-corrected chi connectivity index (χ4v) is 3.45. The molecule has 1 saturated heterocycles. The molecule has 1 unspecified atom stereocenters. The Morgan fingerprint density at radius 1 is 1.40 bits per heavy atom. The predicted molar refractivity (Wildman–Crippen MR) is 80.3 cm³/mol. The van der Waals surface area contributed by atoms with Crippen LogP contribution in [0.15, 0.2) is 18.2 Å². The first-order valence-corrected chi connectivity index (χ1v) is 7.49. The van der Waals surface area contributed by atoms with E-state index in [1.54, 1.807) is 7.05 Å². The third kappa shape index (κ3) is 2.75. The summed E-state index contributed by atoms with van der Waals surface area (Å²) in [5.74, 6) is -0.0790. The van der Waals surface area contributed by atoms with Gasteiger partial charge in [0.25, 0.3) is 0 Å². The SMILES string of the molecule is Cc1ccc(N(C)C(=O)N2CSCC2C(=O)O)c(C)c1. The zero-order valence-corrected chi connectivity index (χ0v) is 12.6. The van der Waals surface area contributed by atoms with E-state index in [-0.39, 0.29) is 6.03 Å². The minimum atomic E-state index is -0.947. The molecule has 1 heterocycles. The average Bonchev–Trinajstić information content (AvgIpc) is 2.86. The molecule has 1 atom stereocenters. The molecular formula is C14H18N2O3S. The van der Waals surface area contributed by atoms with Gasteiger partial charge in [-0.25, -0.2) is 9.59 Å². The van der Waals surface area contributed by atoms with Gasteiger partial charge >= 0.3 is 12.0 Å². The summed E-state index contributed by atoms with van der Waals surface area (Å²) in [6.07, 6.45) is 0. The summed E-state index contributed by atoms with van der Waals surface area (Å²) in [6, 6.07) is 4.84. The second-order valence-electron chi connectivity index (χ2n) is 4.96. The number of hydrogen-bond donors (Lipinski definition) is 1. The van der Waals surface area contributed by atoms with Crippen molar-refractivity contribution < 1.29 is 14.7 Å². The van der Waals surface area contributed by atoms with Crippen molar-refractivity contribution in [1.29, 1.82) is 0 Å². The van der Waals surface area contributed by atoms with Gasteiger partial charge in [0, 0.05) is 18.5 Å². The van der Waals surface area contributed by atoms with E-state index in [1.807, 2.05) is 32.0 Å². The van der Waals surface area contributed by atoms with Gasteiger partial charge in [-0.1, -0.05) is 17.7 Å². The van der Waals surface area contributed by atoms with Gasteiger partial charge in [0.1, 0.15) is 6.04 Å². The van der Waals surface area contributed by atoms with E-state index in [0.717, 1.165) is 16.8 Å². The monoisotopic (exact) mass is 294 g/mol. The first-order chi connectivity index (χ1) is 9.41. The predicted octanol–water partition coefficient (Wildman–Crippen LogP) is 2.32. The van der Waals surface area contributed by atoms with Crippen LogP contribution in [0.3, 0.4) is 0 Å². The maximum atomic E-state index is 12.5. The Morgan fingerprint density at radius 2 is 2.10 bits per heavy atom. The lowest BCUT2D eigenvalue weighted by molar-refractivity contribution is -0.140. The van der Waals surface area contributed by atoms with Crippen molar-refractivity contribution in [3.8, 4) is 0 Å². The second kappa shape index (κ2) is 5.75. The third-order valence-electron chi connectivity index (χ3n) is 3.41. The van der Waals surface area contributed by atoms with Crippen LogP contribution in [0.1, 0.15) is 11.1 Å². The number of carboxylic acids is 1. The van der Waals surface area contributed by atoms with Gasteiger partial charge < -0.3 is 10.0 Å². The van der Waals surface area contributed by atoms with Gasteiger partial charge in [-0.05, 0) is 25.5 Å². The zero-order valence-electron chi connectivity index (χ0n) is 11.8. The Kier molecular flexibility index (Phi) is 4.23. The number of benzene rings is 1. The Morgan fingerprint density at radius 3 is 2.70 bits per heavy atom. The molecule has 1 fully saturated rings. The quantitative estimate of drug-likeness (QED) is 0.909. The van der Waals surface area contributed by atoms with E-state index in [4.69, 9.17) is 5.11 Å². The largest absolute Gasteiger partial charge is 0.480 e. The lowest BCUT2D eigenvalue weighted by Gasteiger charge is -2.28. The molecule has 6 heteroatoms. The lowest BCUT2D eigenvalue weighted by atomic mass is 10.1. The van der Waals surface area contributed by atoms with Crippen LogP contribution >= 0.6 is 11.8 Å². The van der Waals surface area contributed by atoms with Crippen molar-refractivity contribution in [3.63, 3.8) is 0 Å². The molecule has 0 aromatic heterocycles. The van der Waals surface area contributed by atoms with Gasteiger partial charge in [0.05, 0.1) is 5.88 Å². The van der Waals surface area contributed by atoms with E-state index < -0.39 is 12.0 Å². The maximum Gasteiger partial charge on any atom is 0.327 e. The van der Waals surface area contributed by atoms with E-state index in [0.29, 0.717) is 11.6 Å². The van der Waals surface area contributed by atoms with Gasteiger partial charge in [0.2, 0.25) is 0 Å². The number of urea groups is 1. The number of anilines is 1. The number of nitrogens with zero attached hydrogens (tertiary/aromatic N) is 2. The molecule has 0 spiro atoms. The molecule has 0 radical (unpaired) electrons. The Hall–Kier alpha value is -1.69. The number of aliphatic carboxylic acids is 1. The standard InChI is InChI=1S/C14H18N2O3S/c1-9-4-5-11(10(2)6-9)15(3)14(19)16-8-20-7-12(16)13(17)18/h4-6,12H,7-8H2,1-3H3,(H,17,18). The van der Waals surface area contributed by atoms with E-state index >= 15 is 0 Å². The number of amides is 2. The van der Waals surface area contributed by atoms with Crippen LogP contribution in [-0.4, -0.2) is 46.7 Å². The number of aryl methyl sites for hydroxylation is 2. The number of hydrogen-bond acceptors (Lipinski definition) is 3. The van der Waals surface area contributed by atoms with Crippen LogP contribution in [0.4, 0.5) is 10.5 Å². The van der Waals surface area contributed by atoms with Gasteiger partial charge in [-0.2, -0.15) is 0 Å². The van der Waals surface area contributed by atoms with Crippen molar-refractivity contribution in [2.45, 2.75) is 19.9 Å². The maximum absolute atomic E-state index is 12.5. The van der Waals surface area contributed by atoms with Crippen LogP contribution in [0.2, 0.25) is 0 Å². The Balaban J connectivity index is 2.22. The zero-order chi connectivity index (χ0) is 14.9. The molecule has 1 N–H and O–H groups in total. The van der Waals surface area contributed by atoms with Gasteiger partial charge in [-0.15, -0.1) is 11.8 Å². The number of rotatable bonds is 2. The molecule has 1 aromatic rings. The van der Waals surface area contributed by atoms with Crippen LogP contribution in [-0.2, 0) is 4.79 Å². The molecule has 0 aliphatic carbocycles. The topological polar surface area (TPSA) is 60.9 Å². The highest BCUT2D eigenvalue weighted by Crippen LogP contribution is 2.26. The first-order valence-electron chi connectivity index (χ1n) is 6.34. The number of carboxylic acid groups (broad SMARTS) is 1. The Labute approximate surface area is 122 Å².